The van der Waals surface area contributed by atoms with Crippen molar-refractivity contribution in [2.45, 2.75) is 20.0 Å². The van der Waals surface area contributed by atoms with Gasteiger partial charge in [-0.15, -0.1) is 0 Å². The number of ether oxygens (including phenoxy) is 1. The van der Waals surface area contributed by atoms with Gasteiger partial charge in [-0.2, -0.15) is 0 Å². The number of halogens is 2. The van der Waals surface area contributed by atoms with Crippen LogP contribution in [0.4, 0.5) is 8.78 Å². The van der Waals surface area contributed by atoms with Gasteiger partial charge in [0.05, 0.1) is 6.10 Å². The van der Waals surface area contributed by atoms with E-state index in [2.05, 4.69) is 0 Å². The number of benzene rings is 2. The highest BCUT2D eigenvalue weighted by molar-refractivity contribution is 5.40. The van der Waals surface area contributed by atoms with Gasteiger partial charge in [0.15, 0.2) is 11.6 Å². The second-order valence-corrected chi connectivity index (χ2v) is 4.35. The van der Waals surface area contributed by atoms with E-state index in [-0.39, 0.29) is 17.1 Å². The summed E-state index contributed by atoms with van der Waals surface area (Å²) < 4.78 is 32.4. The Labute approximate surface area is 110 Å². The van der Waals surface area contributed by atoms with Crippen molar-refractivity contribution in [1.82, 2.24) is 0 Å². The highest BCUT2D eigenvalue weighted by atomic mass is 19.1. The van der Waals surface area contributed by atoms with E-state index < -0.39 is 17.7 Å². The minimum absolute atomic E-state index is 0.0495. The van der Waals surface area contributed by atoms with Crippen molar-refractivity contribution < 1.29 is 18.6 Å². The van der Waals surface area contributed by atoms with E-state index in [0.29, 0.717) is 5.56 Å². The number of rotatable bonds is 3. The van der Waals surface area contributed by atoms with E-state index in [4.69, 9.17) is 4.74 Å². The fourth-order valence-electron chi connectivity index (χ4n) is 1.76. The van der Waals surface area contributed by atoms with Gasteiger partial charge < -0.3 is 9.84 Å². The van der Waals surface area contributed by atoms with Crippen molar-refractivity contribution in [2.75, 3.05) is 0 Å². The summed E-state index contributed by atoms with van der Waals surface area (Å²) in [6.07, 6.45) is -0.904. The maximum absolute atomic E-state index is 13.8. The fourth-order valence-corrected chi connectivity index (χ4v) is 1.76. The van der Waals surface area contributed by atoms with Crippen molar-refractivity contribution in [1.29, 1.82) is 0 Å². The van der Waals surface area contributed by atoms with Crippen molar-refractivity contribution in [2.24, 2.45) is 0 Å². The maximum Gasteiger partial charge on any atom is 0.168 e. The van der Waals surface area contributed by atoms with Crippen LogP contribution in [0.1, 0.15) is 24.2 Å². The van der Waals surface area contributed by atoms with Crippen molar-refractivity contribution in [3.8, 4) is 11.5 Å². The first-order valence-corrected chi connectivity index (χ1v) is 5.89. The average molecular weight is 264 g/mol. The molecule has 0 aliphatic heterocycles. The predicted molar refractivity (Wildman–Crippen MR) is 68.2 cm³/mol. The first kappa shape index (κ1) is 13.5. The predicted octanol–water partition coefficient (Wildman–Crippen LogP) is 4.12. The van der Waals surface area contributed by atoms with Crippen LogP contribution in [0.2, 0.25) is 0 Å². The monoisotopic (exact) mass is 264 g/mol. The molecule has 0 amide bonds. The summed E-state index contributed by atoms with van der Waals surface area (Å²) >= 11 is 0. The van der Waals surface area contributed by atoms with Crippen LogP contribution in [0.5, 0.6) is 11.5 Å². The molecule has 0 aliphatic rings. The van der Waals surface area contributed by atoms with E-state index >= 15 is 0 Å². The summed E-state index contributed by atoms with van der Waals surface area (Å²) in [4.78, 5) is 0. The normalized spacial score (nSPS) is 12.3. The summed E-state index contributed by atoms with van der Waals surface area (Å²) in [5.74, 6) is -0.661. The molecule has 0 bridgehead atoms. The van der Waals surface area contributed by atoms with Crippen LogP contribution in [0.15, 0.2) is 36.4 Å². The molecule has 0 unspecified atom stereocenters. The van der Waals surface area contributed by atoms with Crippen LogP contribution in [0.25, 0.3) is 0 Å². The number of aryl methyl sites for hydroxylation is 1. The van der Waals surface area contributed by atoms with Gasteiger partial charge in [0.25, 0.3) is 0 Å². The molecule has 0 spiro atoms. The molecule has 1 atom stereocenters. The molecular formula is C15H14F2O2. The minimum atomic E-state index is -0.904. The van der Waals surface area contributed by atoms with Crippen LogP contribution >= 0.6 is 0 Å². The summed E-state index contributed by atoms with van der Waals surface area (Å²) in [7, 11) is 0. The fraction of sp³-hybridized carbons (Fsp3) is 0.200. The van der Waals surface area contributed by atoms with Crippen LogP contribution in [-0.4, -0.2) is 5.11 Å². The summed E-state index contributed by atoms with van der Waals surface area (Å²) in [6.45, 7) is 3.12. The molecule has 0 heterocycles. The van der Waals surface area contributed by atoms with E-state index in [9.17, 15) is 13.9 Å². The lowest BCUT2D eigenvalue weighted by Crippen LogP contribution is -1.98. The van der Waals surface area contributed by atoms with Gasteiger partial charge in [-0.25, -0.2) is 8.78 Å². The molecule has 2 rings (SSSR count). The molecule has 2 aromatic carbocycles. The van der Waals surface area contributed by atoms with Crippen LogP contribution in [-0.2, 0) is 0 Å². The zero-order valence-corrected chi connectivity index (χ0v) is 10.7. The highest BCUT2D eigenvalue weighted by Gasteiger charge is 2.14. The van der Waals surface area contributed by atoms with Crippen LogP contribution < -0.4 is 4.74 Å². The third-order valence-corrected chi connectivity index (χ3v) is 2.80. The average Bonchev–Trinajstić information content (AvgIpc) is 2.36. The SMILES string of the molecule is Cc1cccc(Oc2ccc(F)cc2[C@@H](C)O)c1F. The Bertz CT molecular complexity index is 595. The molecule has 2 nitrogen and oxygen atoms in total. The number of aliphatic hydroxyl groups is 1. The second-order valence-electron chi connectivity index (χ2n) is 4.35. The molecule has 1 N–H and O–H groups in total. The van der Waals surface area contributed by atoms with Gasteiger partial charge in [-0.3, -0.25) is 0 Å². The van der Waals surface area contributed by atoms with Gasteiger partial charge in [0.2, 0.25) is 0 Å². The Morgan fingerprint density at radius 1 is 1.11 bits per heavy atom. The van der Waals surface area contributed by atoms with Crippen LogP contribution in [0.3, 0.4) is 0 Å². The molecule has 0 radical (unpaired) electrons. The topological polar surface area (TPSA) is 29.5 Å². The molecule has 0 saturated heterocycles. The molecular weight excluding hydrogens is 250 g/mol. The summed E-state index contributed by atoms with van der Waals surface area (Å²) in [5, 5.41) is 9.59. The molecule has 0 fully saturated rings. The third-order valence-electron chi connectivity index (χ3n) is 2.80. The van der Waals surface area contributed by atoms with E-state index in [1.165, 1.54) is 31.2 Å². The maximum atomic E-state index is 13.8. The van der Waals surface area contributed by atoms with Crippen molar-refractivity contribution in [3.05, 3.63) is 59.2 Å². The van der Waals surface area contributed by atoms with Crippen molar-refractivity contribution >= 4 is 0 Å². The summed E-state index contributed by atoms with van der Waals surface area (Å²) in [5.41, 5.74) is 0.735. The molecule has 19 heavy (non-hydrogen) atoms. The smallest absolute Gasteiger partial charge is 0.168 e. The molecule has 0 aromatic heterocycles. The van der Waals surface area contributed by atoms with Gasteiger partial charge in [-0.05, 0) is 43.7 Å². The van der Waals surface area contributed by atoms with Gasteiger partial charge in [0.1, 0.15) is 11.6 Å². The largest absolute Gasteiger partial charge is 0.454 e. The first-order chi connectivity index (χ1) is 8.99. The molecule has 0 saturated carbocycles. The van der Waals surface area contributed by atoms with Gasteiger partial charge in [-0.1, -0.05) is 12.1 Å². The first-order valence-electron chi connectivity index (χ1n) is 5.89. The number of hydrogen-bond acceptors (Lipinski definition) is 2. The minimum Gasteiger partial charge on any atom is -0.454 e. The highest BCUT2D eigenvalue weighted by Crippen LogP contribution is 2.32. The Morgan fingerprint density at radius 2 is 1.84 bits per heavy atom. The lowest BCUT2D eigenvalue weighted by Gasteiger charge is -2.14. The standard InChI is InChI=1S/C15H14F2O2/c1-9-4-3-5-14(15(9)17)19-13-7-6-11(16)8-12(13)10(2)18/h3-8,10,18H,1-2H3/t10-/m1/s1. The quantitative estimate of drug-likeness (QED) is 0.903. The summed E-state index contributed by atoms with van der Waals surface area (Å²) in [6, 6.07) is 8.53. The Morgan fingerprint density at radius 3 is 2.53 bits per heavy atom. The lowest BCUT2D eigenvalue weighted by molar-refractivity contribution is 0.195. The number of hydrogen-bond donors (Lipinski definition) is 1. The van der Waals surface area contributed by atoms with Gasteiger partial charge >= 0.3 is 0 Å². The zero-order chi connectivity index (χ0) is 14.0. The van der Waals surface area contributed by atoms with Crippen molar-refractivity contribution in [3.63, 3.8) is 0 Å². The molecule has 4 heteroatoms. The lowest BCUT2D eigenvalue weighted by atomic mass is 10.1. The van der Waals surface area contributed by atoms with E-state index in [0.717, 1.165) is 0 Å². The Hall–Kier alpha value is -1.94. The second kappa shape index (κ2) is 5.36. The Balaban J connectivity index is 2.41. The third kappa shape index (κ3) is 2.90. The molecule has 2 aromatic rings. The zero-order valence-electron chi connectivity index (χ0n) is 10.7. The van der Waals surface area contributed by atoms with Gasteiger partial charge in [0, 0.05) is 5.56 Å². The molecule has 0 aliphatic carbocycles. The van der Waals surface area contributed by atoms with E-state index in [1.807, 2.05) is 0 Å². The number of aliphatic hydroxyl groups excluding tert-OH is 1. The molecule has 100 valence electrons. The Kier molecular flexibility index (Phi) is 3.81. The van der Waals surface area contributed by atoms with Crippen LogP contribution in [0, 0.1) is 18.6 Å². The van der Waals surface area contributed by atoms with E-state index in [1.54, 1.807) is 19.1 Å².